The maximum absolute atomic E-state index is 9.89. The van der Waals surface area contributed by atoms with E-state index in [-0.39, 0.29) is 5.54 Å². The first-order chi connectivity index (χ1) is 13.3. The number of rotatable bonds is 9. The summed E-state index contributed by atoms with van der Waals surface area (Å²) in [5, 5.41) is 28.8. The van der Waals surface area contributed by atoms with Gasteiger partial charge < -0.3 is 25.4 Å². The van der Waals surface area contributed by atoms with E-state index < -0.39 is 18.0 Å². The molecule has 0 aromatic rings. The first-order valence-electron chi connectivity index (χ1n) is 10.2. The average Bonchev–Trinajstić information content (AvgIpc) is 2.62. The molecular formula is C22H37NO6. The van der Waals surface area contributed by atoms with E-state index in [9.17, 15) is 14.7 Å². The summed E-state index contributed by atoms with van der Waals surface area (Å²) in [6.07, 6.45) is 6.78. The van der Waals surface area contributed by atoms with Crippen molar-refractivity contribution in [2.45, 2.75) is 65.5 Å². The molecule has 166 valence electrons. The molecule has 0 aliphatic heterocycles. The molecule has 4 N–H and O–H groups in total. The number of nitrogens with one attached hydrogen (secondary N) is 1. The summed E-state index contributed by atoms with van der Waals surface area (Å²) in [6.45, 7) is 12.9. The van der Waals surface area contributed by atoms with Crippen molar-refractivity contribution in [3.05, 3.63) is 23.8 Å². The lowest BCUT2D eigenvalue weighted by Gasteiger charge is -2.56. The van der Waals surface area contributed by atoms with Gasteiger partial charge in [-0.25, -0.2) is 9.59 Å². The zero-order valence-electron chi connectivity index (χ0n) is 18.3. The number of ether oxygens (including phenoxy) is 1. The molecule has 0 radical (unpaired) electrons. The number of hydrogen-bond donors (Lipinski definition) is 4. The van der Waals surface area contributed by atoms with Crippen molar-refractivity contribution in [2.24, 2.45) is 17.3 Å². The van der Waals surface area contributed by atoms with Crippen LogP contribution in [0.1, 0.15) is 53.9 Å². The van der Waals surface area contributed by atoms with E-state index in [1.165, 1.54) is 12.8 Å². The fraction of sp³-hybridized carbons (Fsp3) is 0.727. The SMILES string of the molecule is CC(C)(C)NCC(O)COCCC1=CCC2CC1C2(C)C.O=C(O)/C=C\C(=O)O. The van der Waals surface area contributed by atoms with Crippen LogP contribution in [0, 0.1) is 17.3 Å². The molecule has 0 aromatic carbocycles. The van der Waals surface area contributed by atoms with Gasteiger partial charge in [-0.05, 0) is 57.3 Å². The predicted molar refractivity (Wildman–Crippen MR) is 112 cm³/mol. The van der Waals surface area contributed by atoms with Gasteiger partial charge >= 0.3 is 11.9 Å². The normalized spacial score (nSPS) is 23.4. The highest BCUT2D eigenvalue weighted by atomic mass is 16.5. The molecule has 29 heavy (non-hydrogen) atoms. The summed E-state index contributed by atoms with van der Waals surface area (Å²) < 4.78 is 5.67. The van der Waals surface area contributed by atoms with Crippen molar-refractivity contribution in [1.29, 1.82) is 0 Å². The summed E-state index contributed by atoms with van der Waals surface area (Å²) in [4.78, 5) is 19.1. The standard InChI is InChI=1S/C18H33NO2.C4H4O4/c1-17(2,3)19-11-15(20)12-21-9-8-13-6-7-14-10-16(13)18(14,4)5;5-3(6)1-2-4(7)8/h6,14-16,19-20H,7-12H2,1-5H3;1-2H,(H,5,6)(H,7,8)/b;2-1-. The van der Waals surface area contributed by atoms with Crippen LogP contribution in [0.3, 0.4) is 0 Å². The lowest BCUT2D eigenvalue weighted by atomic mass is 9.48. The Hall–Kier alpha value is -1.70. The maximum Gasteiger partial charge on any atom is 0.328 e. The summed E-state index contributed by atoms with van der Waals surface area (Å²) in [7, 11) is 0. The van der Waals surface area contributed by atoms with Crippen LogP contribution in [0.25, 0.3) is 0 Å². The molecule has 2 bridgehead atoms. The zero-order valence-corrected chi connectivity index (χ0v) is 18.3. The lowest BCUT2D eigenvalue weighted by molar-refractivity contribution is -0.134. The van der Waals surface area contributed by atoms with Crippen molar-refractivity contribution < 1.29 is 29.6 Å². The Morgan fingerprint density at radius 2 is 1.86 bits per heavy atom. The van der Waals surface area contributed by atoms with Gasteiger partial charge in [0.05, 0.1) is 19.3 Å². The number of carboxylic acids is 2. The van der Waals surface area contributed by atoms with Crippen LogP contribution in [0.4, 0.5) is 0 Å². The molecule has 3 atom stereocenters. The molecule has 0 heterocycles. The van der Waals surface area contributed by atoms with E-state index in [2.05, 4.69) is 46.0 Å². The molecule has 3 aliphatic carbocycles. The van der Waals surface area contributed by atoms with Gasteiger partial charge in [-0.1, -0.05) is 25.5 Å². The van der Waals surface area contributed by atoms with E-state index in [1.54, 1.807) is 5.57 Å². The molecule has 7 heteroatoms. The first kappa shape index (κ1) is 25.3. The Bertz CT molecular complexity index is 601. The average molecular weight is 412 g/mol. The van der Waals surface area contributed by atoms with E-state index in [4.69, 9.17) is 14.9 Å². The quantitative estimate of drug-likeness (QED) is 0.262. The topological polar surface area (TPSA) is 116 Å². The van der Waals surface area contributed by atoms with E-state index in [0.29, 0.717) is 30.7 Å². The molecular weight excluding hydrogens is 374 g/mol. The predicted octanol–water partition coefficient (Wildman–Crippen LogP) is 2.85. The number of β-amino-alcohol motifs (C(OH)–C–C–N with tert-alkyl or cyclic N) is 1. The number of carboxylic acid groups (broad SMARTS) is 2. The zero-order chi connectivity index (χ0) is 22.2. The van der Waals surface area contributed by atoms with Crippen molar-refractivity contribution >= 4 is 11.9 Å². The van der Waals surface area contributed by atoms with Gasteiger partial charge in [0.2, 0.25) is 0 Å². The third kappa shape index (κ3) is 9.10. The Morgan fingerprint density at radius 1 is 1.28 bits per heavy atom. The number of aliphatic carboxylic acids is 2. The number of aliphatic hydroxyl groups is 1. The molecule has 0 spiro atoms. The summed E-state index contributed by atoms with van der Waals surface area (Å²) in [5.74, 6) is -0.843. The van der Waals surface area contributed by atoms with Gasteiger partial charge in [0.25, 0.3) is 0 Å². The van der Waals surface area contributed by atoms with Crippen molar-refractivity contribution in [2.75, 3.05) is 19.8 Å². The molecule has 1 fully saturated rings. The Morgan fingerprint density at radius 3 is 2.31 bits per heavy atom. The Balaban J connectivity index is 0.000000447. The van der Waals surface area contributed by atoms with Crippen LogP contribution < -0.4 is 5.32 Å². The fourth-order valence-corrected chi connectivity index (χ4v) is 3.79. The molecule has 0 saturated heterocycles. The first-order valence-corrected chi connectivity index (χ1v) is 10.2. The third-order valence-corrected chi connectivity index (χ3v) is 5.66. The van der Waals surface area contributed by atoms with Crippen LogP contribution in [0.2, 0.25) is 0 Å². The van der Waals surface area contributed by atoms with Crippen LogP contribution in [-0.4, -0.2) is 58.7 Å². The number of fused-ring (bicyclic) bond motifs is 1. The molecule has 7 nitrogen and oxygen atoms in total. The van der Waals surface area contributed by atoms with Crippen LogP contribution >= 0.6 is 0 Å². The van der Waals surface area contributed by atoms with E-state index in [1.807, 2.05) is 0 Å². The summed E-state index contributed by atoms with van der Waals surface area (Å²) in [6, 6.07) is 0. The van der Waals surface area contributed by atoms with Crippen LogP contribution in [0.5, 0.6) is 0 Å². The van der Waals surface area contributed by atoms with E-state index >= 15 is 0 Å². The number of aliphatic hydroxyl groups excluding tert-OH is 1. The molecule has 3 rings (SSSR count). The highest BCUT2D eigenvalue weighted by Gasteiger charge is 2.50. The van der Waals surface area contributed by atoms with Crippen molar-refractivity contribution in [3.63, 3.8) is 0 Å². The summed E-state index contributed by atoms with van der Waals surface area (Å²) >= 11 is 0. The molecule has 0 aromatic heterocycles. The monoisotopic (exact) mass is 411 g/mol. The van der Waals surface area contributed by atoms with Crippen molar-refractivity contribution in [1.82, 2.24) is 5.32 Å². The minimum atomic E-state index is -1.26. The summed E-state index contributed by atoms with van der Waals surface area (Å²) in [5.41, 5.74) is 2.13. The molecule has 3 aliphatic rings. The Labute approximate surface area is 173 Å². The highest BCUT2D eigenvalue weighted by molar-refractivity contribution is 5.89. The maximum atomic E-state index is 9.89. The molecule has 0 amide bonds. The molecule has 3 unspecified atom stereocenters. The largest absolute Gasteiger partial charge is 0.478 e. The second-order valence-corrected chi connectivity index (χ2v) is 9.44. The minimum Gasteiger partial charge on any atom is -0.478 e. The van der Waals surface area contributed by atoms with Gasteiger partial charge in [0, 0.05) is 24.2 Å². The van der Waals surface area contributed by atoms with Crippen LogP contribution in [0.15, 0.2) is 23.8 Å². The lowest BCUT2D eigenvalue weighted by Crippen LogP contribution is -2.48. The van der Waals surface area contributed by atoms with Gasteiger partial charge in [0.1, 0.15) is 0 Å². The van der Waals surface area contributed by atoms with E-state index in [0.717, 1.165) is 24.9 Å². The van der Waals surface area contributed by atoms with Crippen LogP contribution in [-0.2, 0) is 14.3 Å². The second-order valence-electron chi connectivity index (χ2n) is 9.44. The smallest absolute Gasteiger partial charge is 0.328 e. The van der Waals surface area contributed by atoms with Gasteiger partial charge in [0.15, 0.2) is 0 Å². The van der Waals surface area contributed by atoms with Crippen molar-refractivity contribution in [3.8, 4) is 0 Å². The number of allylic oxidation sites excluding steroid dienone is 1. The molecule has 1 saturated carbocycles. The third-order valence-electron chi connectivity index (χ3n) is 5.66. The Kier molecular flexibility index (Phi) is 9.52. The second kappa shape index (κ2) is 10.9. The number of carbonyl (C=O) groups is 2. The minimum absolute atomic E-state index is 0.0419. The van der Waals surface area contributed by atoms with Gasteiger partial charge in [-0.2, -0.15) is 0 Å². The fourth-order valence-electron chi connectivity index (χ4n) is 3.79. The van der Waals surface area contributed by atoms with Gasteiger partial charge in [-0.15, -0.1) is 0 Å². The number of hydrogen-bond acceptors (Lipinski definition) is 5. The highest BCUT2D eigenvalue weighted by Crippen LogP contribution is 2.59. The van der Waals surface area contributed by atoms with Gasteiger partial charge in [-0.3, -0.25) is 0 Å².